The van der Waals surface area contributed by atoms with E-state index in [1.807, 2.05) is 6.92 Å². The molecule has 1 aromatic rings. The number of fused-ring (bicyclic) bond motifs is 1. The molecule has 2 amide bonds. The third kappa shape index (κ3) is 5.21. The Kier molecular flexibility index (Phi) is 9.75. The Morgan fingerprint density at radius 1 is 1.20 bits per heavy atom. The first-order valence-corrected chi connectivity index (χ1v) is 14.8. The van der Waals surface area contributed by atoms with E-state index < -0.39 is 35.0 Å². The summed E-state index contributed by atoms with van der Waals surface area (Å²) in [4.78, 5) is 45.5. The summed E-state index contributed by atoms with van der Waals surface area (Å²) in [5.41, 5.74) is -1.48. The van der Waals surface area contributed by atoms with E-state index in [1.54, 1.807) is 46.2 Å². The zero-order valence-corrected chi connectivity index (χ0v) is 24.1. The molecule has 1 aromatic carbocycles. The van der Waals surface area contributed by atoms with Crippen LogP contribution in [-0.2, 0) is 23.9 Å². The van der Waals surface area contributed by atoms with Gasteiger partial charge in [-0.2, -0.15) is 0 Å². The van der Waals surface area contributed by atoms with Crippen molar-refractivity contribution in [2.24, 2.45) is 11.8 Å². The van der Waals surface area contributed by atoms with Crippen LogP contribution in [0, 0.1) is 11.8 Å². The van der Waals surface area contributed by atoms with Gasteiger partial charge >= 0.3 is 5.97 Å². The topological polar surface area (TPSA) is 96.4 Å². The smallest absolute Gasteiger partial charge is 0.312 e. The first-order chi connectivity index (χ1) is 19.3. The lowest BCUT2D eigenvalue weighted by atomic mass is 9.65. The van der Waals surface area contributed by atoms with Crippen molar-refractivity contribution in [3.05, 3.63) is 54.6 Å². The Hall–Kier alpha value is -2.68. The maximum absolute atomic E-state index is 14.6. The first-order valence-electron chi connectivity index (χ1n) is 14.4. The van der Waals surface area contributed by atoms with E-state index in [0.717, 1.165) is 6.42 Å². The molecule has 3 heterocycles. The van der Waals surface area contributed by atoms with Crippen LogP contribution in [0.5, 0.6) is 0 Å². The number of benzene rings is 1. The quantitative estimate of drug-likeness (QED) is 0.186. The fraction of sp³-hybridized carbons (Fsp3) is 0.581. The molecule has 8 nitrogen and oxygen atoms in total. The van der Waals surface area contributed by atoms with E-state index in [0.29, 0.717) is 62.2 Å². The number of nitrogens with zero attached hydrogens (tertiary/aromatic N) is 2. The van der Waals surface area contributed by atoms with Crippen molar-refractivity contribution in [3.63, 3.8) is 0 Å². The highest BCUT2D eigenvalue weighted by molar-refractivity contribution is 6.34. The highest BCUT2D eigenvalue weighted by Gasteiger charge is 2.79. The minimum atomic E-state index is -1.15. The number of allylic oxidation sites excluding steroid dienone is 1. The molecule has 3 aliphatic heterocycles. The number of hydrogen-bond donors (Lipinski definition) is 1. The van der Waals surface area contributed by atoms with Crippen molar-refractivity contribution in [1.82, 2.24) is 4.90 Å². The average molecular weight is 573 g/mol. The SMILES string of the molecule is C=CCCCOC(=O)[C@@H]1[C@H]2C(=O)N(CCCCCO)C(C(=O)N(CC=C)c3ccccc3Cl)C23CC[C@@]1(CC)O3. The van der Waals surface area contributed by atoms with E-state index in [-0.39, 0.29) is 31.6 Å². The fourth-order valence-corrected chi connectivity index (χ4v) is 7.15. The van der Waals surface area contributed by atoms with Crippen molar-refractivity contribution in [2.45, 2.75) is 75.5 Å². The van der Waals surface area contributed by atoms with Gasteiger partial charge in [-0.15, -0.1) is 13.2 Å². The molecule has 0 aliphatic carbocycles. The van der Waals surface area contributed by atoms with Gasteiger partial charge in [0.1, 0.15) is 17.6 Å². The second kappa shape index (κ2) is 12.9. The van der Waals surface area contributed by atoms with Gasteiger partial charge in [0.15, 0.2) is 0 Å². The molecule has 3 fully saturated rings. The Labute approximate surface area is 241 Å². The third-order valence-electron chi connectivity index (χ3n) is 8.74. The van der Waals surface area contributed by atoms with Gasteiger partial charge in [-0.25, -0.2) is 0 Å². The van der Waals surface area contributed by atoms with Gasteiger partial charge in [0.05, 0.1) is 28.8 Å². The zero-order valence-electron chi connectivity index (χ0n) is 23.4. The standard InChI is InChI=1S/C31H41ClN2O6/c1-4-7-13-21-39-29(38)25-24-27(36)34(19-11-8-12-20-35)26(31(24)17-16-30(25,6-3)40-31)28(37)33(18-5-2)23-15-10-9-14-22(23)32/h4-5,9-10,14-15,24-26,35H,1-2,6-8,11-13,16-21H2,3H3/t24-,25-,26?,30+,31?/m0/s1. The lowest BCUT2D eigenvalue weighted by Crippen LogP contribution is -2.56. The zero-order chi connectivity index (χ0) is 28.9. The Morgan fingerprint density at radius 2 is 1.98 bits per heavy atom. The van der Waals surface area contributed by atoms with Crippen LogP contribution in [0.15, 0.2) is 49.6 Å². The van der Waals surface area contributed by atoms with Crippen LogP contribution >= 0.6 is 11.6 Å². The molecule has 2 unspecified atom stereocenters. The number of carbonyl (C=O) groups excluding carboxylic acids is 3. The van der Waals surface area contributed by atoms with Crippen LogP contribution in [-0.4, -0.2) is 71.3 Å². The van der Waals surface area contributed by atoms with Crippen LogP contribution in [0.25, 0.3) is 0 Å². The Morgan fingerprint density at radius 3 is 2.65 bits per heavy atom. The Bertz CT molecular complexity index is 1130. The molecular weight excluding hydrogens is 532 g/mol. The van der Waals surface area contributed by atoms with Crippen LogP contribution < -0.4 is 4.90 Å². The van der Waals surface area contributed by atoms with Crippen LogP contribution in [0.4, 0.5) is 5.69 Å². The number of amides is 2. The normalized spacial score (nSPS) is 28.4. The molecular formula is C31H41ClN2O6. The number of aliphatic hydroxyl groups is 1. The summed E-state index contributed by atoms with van der Waals surface area (Å²) in [6.45, 7) is 10.3. The minimum absolute atomic E-state index is 0.0599. The van der Waals surface area contributed by atoms with Gasteiger partial charge in [0.25, 0.3) is 5.91 Å². The highest BCUT2D eigenvalue weighted by atomic mass is 35.5. The van der Waals surface area contributed by atoms with Crippen molar-refractivity contribution >= 4 is 35.1 Å². The molecule has 2 bridgehead atoms. The predicted octanol–water partition coefficient (Wildman–Crippen LogP) is 4.69. The number of esters is 1. The van der Waals surface area contributed by atoms with Crippen molar-refractivity contribution in [1.29, 1.82) is 0 Å². The molecule has 0 aromatic heterocycles. The molecule has 3 aliphatic rings. The molecule has 0 radical (unpaired) electrons. The molecule has 5 atom stereocenters. The maximum atomic E-state index is 14.6. The summed E-state index contributed by atoms with van der Waals surface area (Å²) >= 11 is 6.53. The van der Waals surface area contributed by atoms with Gasteiger partial charge in [-0.3, -0.25) is 14.4 Å². The number of anilines is 1. The van der Waals surface area contributed by atoms with Crippen molar-refractivity contribution in [2.75, 3.05) is 31.2 Å². The predicted molar refractivity (Wildman–Crippen MR) is 154 cm³/mol. The second-order valence-corrected chi connectivity index (χ2v) is 11.3. The van der Waals surface area contributed by atoms with E-state index in [9.17, 15) is 19.5 Å². The fourth-order valence-electron chi connectivity index (χ4n) is 6.91. The molecule has 40 heavy (non-hydrogen) atoms. The summed E-state index contributed by atoms with van der Waals surface area (Å²) < 4.78 is 12.5. The second-order valence-electron chi connectivity index (χ2n) is 10.9. The number of hydrogen-bond acceptors (Lipinski definition) is 6. The molecule has 218 valence electrons. The highest BCUT2D eigenvalue weighted by Crippen LogP contribution is 2.64. The third-order valence-corrected chi connectivity index (χ3v) is 9.06. The summed E-state index contributed by atoms with van der Waals surface area (Å²) in [5, 5.41) is 9.68. The molecule has 9 heteroatoms. The minimum Gasteiger partial charge on any atom is -0.465 e. The van der Waals surface area contributed by atoms with Crippen molar-refractivity contribution in [3.8, 4) is 0 Å². The van der Waals surface area contributed by atoms with Crippen LogP contribution in [0.3, 0.4) is 0 Å². The first kappa shape index (κ1) is 30.3. The number of rotatable bonds is 15. The van der Waals surface area contributed by atoms with Gasteiger partial charge < -0.3 is 24.4 Å². The van der Waals surface area contributed by atoms with Crippen LogP contribution in [0.1, 0.15) is 58.3 Å². The van der Waals surface area contributed by atoms with E-state index in [1.165, 1.54) is 0 Å². The number of likely N-dealkylation sites (tertiary alicyclic amines) is 1. The van der Waals surface area contributed by atoms with E-state index in [4.69, 9.17) is 21.1 Å². The molecule has 4 rings (SSSR count). The number of para-hydroxylation sites is 1. The van der Waals surface area contributed by atoms with E-state index in [2.05, 4.69) is 13.2 Å². The summed E-state index contributed by atoms with van der Waals surface area (Å²) in [7, 11) is 0. The summed E-state index contributed by atoms with van der Waals surface area (Å²) in [6.07, 6.45) is 8.28. The van der Waals surface area contributed by atoms with Crippen LogP contribution in [0.2, 0.25) is 5.02 Å². The monoisotopic (exact) mass is 572 g/mol. The Balaban J connectivity index is 1.74. The number of carbonyl (C=O) groups is 3. The van der Waals surface area contributed by atoms with Gasteiger partial charge in [-0.1, -0.05) is 42.8 Å². The number of unbranched alkanes of at least 4 members (excludes halogenated alkanes) is 3. The number of halogens is 1. The lowest BCUT2D eigenvalue weighted by molar-refractivity contribution is -0.161. The number of aliphatic hydroxyl groups excluding tert-OH is 1. The maximum Gasteiger partial charge on any atom is 0.312 e. The van der Waals surface area contributed by atoms with E-state index >= 15 is 0 Å². The van der Waals surface area contributed by atoms with Crippen molar-refractivity contribution < 1.29 is 29.0 Å². The summed E-state index contributed by atoms with van der Waals surface area (Å²) in [5.74, 6) is -2.58. The molecule has 1 N–H and O–H groups in total. The largest absolute Gasteiger partial charge is 0.465 e. The number of ether oxygens (including phenoxy) is 2. The molecule has 3 saturated heterocycles. The molecule has 0 saturated carbocycles. The summed E-state index contributed by atoms with van der Waals surface area (Å²) in [6, 6.07) is 6.16. The average Bonchev–Trinajstić information content (AvgIpc) is 3.56. The molecule has 1 spiro atoms. The lowest BCUT2D eigenvalue weighted by Gasteiger charge is -2.37. The van der Waals surface area contributed by atoms with Gasteiger partial charge in [0, 0.05) is 19.7 Å². The van der Waals surface area contributed by atoms with Gasteiger partial charge in [-0.05, 0) is 63.5 Å². The van der Waals surface area contributed by atoms with Gasteiger partial charge in [0.2, 0.25) is 5.91 Å².